The second-order valence-corrected chi connectivity index (χ2v) is 3.63. The minimum Gasteiger partial charge on any atom is -0.389 e. The lowest BCUT2D eigenvalue weighted by Crippen LogP contribution is -2.10. The number of rotatable bonds is 1. The molecule has 3 heteroatoms. The van der Waals surface area contributed by atoms with E-state index in [2.05, 4.69) is 4.98 Å². The Morgan fingerprint density at radius 2 is 2.14 bits per heavy atom. The number of pyridine rings is 1. The van der Waals surface area contributed by atoms with Gasteiger partial charge in [0.15, 0.2) is 0 Å². The molecule has 2 nitrogen and oxygen atoms in total. The molecule has 1 aromatic heterocycles. The number of hydrogen-bond acceptors (Lipinski definition) is 2. The van der Waals surface area contributed by atoms with E-state index < -0.39 is 0 Å². The molecule has 0 aliphatic carbocycles. The van der Waals surface area contributed by atoms with Crippen LogP contribution >= 0.6 is 12.2 Å². The Bertz CT molecular complexity index is 506. The Kier molecular flexibility index (Phi) is 2.17. The van der Waals surface area contributed by atoms with Gasteiger partial charge in [-0.25, -0.2) is 0 Å². The van der Waals surface area contributed by atoms with Crippen molar-refractivity contribution in [1.82, 2.24) is 4.98 Å². The number of aryl methyl sites for hydroxylation is 1. The lowest BCUT2D eigenvalue weighted by molar-refractivity contribution is 1.36. The molecule has 2 rings (SSSR count). The molecule has 14 heavy (non-hydrogen) atoms. The van der Waals surface area contributed by atoms with Gasteiger partial charge in [-0.3, -0.25) is 4.98 Å². The Morgan fingerprint density at radius 1 is 1.36 bits per heavy atom. The average Bonchev–Trinajstić information content (AvgIpc) is 2.17. The number of nitrogens with zero attached hydrogens (tertiary/aromatic N) is 1. The van der Waals surface area contributed by atoms with Crippen molar-refractivity contribution in [3.8, 4) is 0 Å². The van der Waals surface area contributed by atoms with Gasteiger partial charge in [0.1, 0.15) is 4.99 Å². The monoisotopic (exact) mass is 202 g/mol. The Balaban J connectivity index is 2.88. The van der Waals surface area contributed by atoms with E-state index in [0.717, 1.165) is 16.5 Å². The van der Waals surface area contributed by atoms with Crippen LogP contribution in [0.25, 0.3) is 10.9 Å². The summed E-state index contributed by atoms with van der Waals surface area (Å²) in [6, 6.07) is 7.85. The van der Waals surface area contributed by atoms with Crippen molar-refractivity contribution >= 4 is 28.1 Å². The molecular weight excluding hydrogens is 192 g/mol. The van der Waals surface area contributed by atoms with Crippen LogP contribution in [0.1, 0.15) is 11.1 Å². The van der Waals surface area contributed by atoms with E-state index in [1.165, 1.54) is 5.56 Å². The van der Waals surface area contributed by atoms with E-state index in [1.807, 2.05) is 31.2 Å². The van der Waals surface area contributed by atoms with Crippen LogP contribution in [-0.2, 0) is 0 Å². The van der Waals surface area contributed by atoms with Gasteiger partial charge in [0.05, 0.1) is 5.52 Å². The molecule has 0 fully saturated rings. The van der Waals surface area contributed by atoms with Crippen LogP contribution in [0.15, 0.2) is 30.5 Å². The van der Waals surface area contributed by atoms with Gasteiger partial charge in [-0.15, -0.1) is 0 Å². The summed E-state index contributed by atoms with van der Waals surface area (Å²) in [5.41, 5.74) is 8.55. The van der Waals surface area contributed by atoms with Crippen molar-refractivity contribution in [2.75, 3.05) is 0 Å². The van der Waals surface area contributed by atoms with Gasteiger partial charge < -0.3 is 5.73 Å². The third-order valence-corrected chi connectivity index (χ3v) is 2.47. The molecule has 0 atom stereocenters. The average molecular weight is 202 g/mol. The number of para-hydroxylation sites is 1. The highest BCUT2D eigenvalue weighted by Crippen LogP contribution is 2.19. The molecule has 1 heterocycles. The van der Waals surface area contributed by atoms with E-state index in [4.69, 9.17) is 18.0 Å². The van der Waals surface area contributed by atoms with Gasteiger partial charge >= 0.3 is 0 Å². The Labute approximate surface area is 87.8 Å². The van der Waals surface area contributed by atoms with Crippen molar-refractivity contribution in [3.05, 3.63) is 41.6 Å². The standard InChI is InChI=1S/C11H10N2S/c1-7-5-6-13-10-8(7)3-2-4-9(10)11(12)14/h2-6H,1H3,(H2,12,14). The first-order valence-electron chi connectivity index (χ1n) is 4.34. The molecule has 0 aliphatic heterocycles. The molecule has 0 saturated carbocycles. The van der Waals surface area contributed by atoms with Gasteiger partial charge in [0.2, 0.25) is 0 Å². The van der Waals surface area contributed by atoms with Crippen molar-refractivity contribution < 1.29 is 0 Å². The topological polar surface area (TPSA) is 38.9 Å². The number of fused-ring (bicyclic) bond motifs is 1. The highest BCUT2D eigenvalue weighted by Gasteiger charge is 2.05. The largest absolute Gasteiger partial charge is 0.389 e. The third kappa shape index (κ3) is 1.36. The molecule has 2 aromatic rings. The first-order chi connectivity index (χ1) is 6.70. The summed E-state index contributed by atoms with van der Waals surface area (Å²) in [6.45, 7) is 2.05. The van der Waals surface area contributed by atoms with Crippen LogP contribution in [0.3, 0.4) is 0 Å². The smallest absolute Gasteiger partial charge is 0.106 e. The van der Waals surface area contributed by atoms with Crippen molar-refractivity contribution in [2.45, 2.75) is 6.92 Å². The number of thiocarbonyl (C=S) groups is 1. The second-order valence-electron chi connectivity index (χ2n) is 3.19. The SMILES string of the molecule is Cc1ccnc2c(C(N)=S)cccc12. The maximum Gasteiger partial charge on any atom is 0.106 e. The van der Waals surface area contributed by atoms with E-state index in [9.17, 15) is 0 Å². The molecule has 0 radical (unpaired) electrons. The molecule has 0 amide bonds. The zero-order valence-corrected chi connectivity index (χ0v) is 8.64. The Hall–Kier alpha value is -1.48. The second kappa shape index (κ2) is 3.35. The zero-order chi connectivity index (χ0) is 10.1. The summed E-state index contributed by atoms with van der Waals surface area (Å²) in [7, 11) is 0. The highest BCUT2D eigenvalue weighted by molar-refractivity contribution is 7.80. The van der Waals surface area contributed by atoms with Gasteiger partial charge in [-0.05, 0) is 24.6 Å². The van der Waals surface area contributed by atoms with Gasteiger partial charge in [0.25, 0.3) is 0 Å². The van der Waals surface area contributed by atoms with Crippen molar-refractivity contribution in [1.29, 1.82) is 0 Å². The van der Waals surface area contributed by atoms with Gasteiger partial charge in [-0.1, -0.05) is 24.4 Å². The van der Waals surface area contributed by atoms with Crippen LogP contribution in [0.5, 0.6) is 0 Å². The molecular formula is C11H10N2S. The maximum absolute atomic E-state index is 5.62. The van der Waals surface area contributed by atoms with E-state index in [0.29, 0.717) is 4.99 Å². The summed E-state index contributed by atoms with van der Waals surface area (Å²) in [4.78, 5) is 4.69. The zero-order valence-electron chi connectivity index (χ0n) is 7.82. The fourth-order valence-electron chi connectivity index (χ4n) is 1.51. The molecule has 0 aliphatic rings. The van der Waals surface area contributed by atoms with Crippen LogP contribution in [0.4, 0.5) is 0 Å². The summed E-state index contributed by atoms with van der Waals surface area (Å²) >= 11 is 4.97. The van der Waals surface area contributed by atoms with Gasteiger partial charge in [0, 0.05) is 17.1 Å². The summed E-state index contributed by atoms with van der Waals surface area (Å²) < 4.78 is 0. The number of hydrogen-bond donors (Lipinski definition) is 1. The van der Waals surface area contributed by atoms with Crippen LogP contribution in [0, 0.1) is 6.92 Å². The summed E-state index contributed by atoms with van der Waals surface area (Å²) in [5.74, 6) is 0. The molecule has 0 saturated heterocycles. The molecule has 2 N–H and O–H groups in total. The van der Waals surface area contributed by atoms with Gasteiger partial charge in [-0.2, -0.15) is 0 Å². The number of nitrogens with two attached hydrogens (primary N) is 1. The minimum atomic E-state index is 0.397. The van der Waals surface area contributed by atoms with Crippen molar-refractivity contribution in [2.24, 2.45) is 5.73 Å². The lowest BCUT2D eigenvalue weighted by atomic mass is 10.1. The quantitative estimate of drug-likeness (QED) is 0.720. The Morgan fingerprint density at radius 3 is 2.86 bits per heavy atom. The van der Waals surface area contributed by atoms with Crippen LogP contribution < -0.4 is 5.73 Å². The molecule has 1 aromatic carbocycles. The van der Waals surface area contributed by atoms with E-state index in [-0.39, 0.29) is 0 Å². The summed E-state index contributed by atoms with van der Waals surface area (Å²) in [6.07, 6.45) is 1.78. The van der Waals surface area contributed by atoms with Crippen LogP contribution in [0.2, 0.25) is 0 Å². The maximum atomic E-state index is 5.62. The van der Waals surface area contributed by atoms with Crippen LogP contribution in [-0.4, -0.2) is 9.97 Å². The van der Waals surface area contributed by atoms with E-state index >= 15 is 0 Å². The molecule has 0 unspecified atom stereocenters. The van der Waals surface area contributed by atoms with Crippen molar-refractivity contribution in [3.63, 3.8) is 0 Å². The fourth-order valence-corrected chi connectivity index (χ4v) is 1.68. The predicted molar refractivity (Wildman–Crippen MR) is 62.4 cm³/mol. The minimum absolute atomic E-state index is 0.397. The lowest BCUT2D eigenvalue weighted by Gasteiger charge is -2.05. The normalized spacial score (nSPS) is 10.4. The molecule has 70 valence electrons. The third-order valence-electron chi connectivity index (χ3n) is 2.25. The highest BCUT2D eigenvalue weighted by atomic mass is 32.1. The first-order valence-corrected chi connectivity index (χ1v) is 4.75. The van der Waals surface area contributed by atoms with E-state index in [1.54, 1.807) is 6.20 Å². The molecule has 0 spiro atoms. The summed E-state index contributed by atoms with van der Waals surface area (Å²) in [5, 5.41) is 1.11. The number of aromatic nitrogens is 1. The predicted octanol–water partition coefficient (Wildman–Crippen LogP) is 2.18. The fraction of sp³-hybridized carbons (Fsp3) is 0.0909. The number of benzene rings is 1. The molecule has 0 bridgehead atoms. The first kappa shape index (κ1) is 9.09.